The van der Waals surface area contributed by atoms with Gasteiger partial charge in [-0.05, 0) is 0 Å². The molecule has 0 aliphatic heterocycles. The van der Waals surface area contributed by atoms with E-state index in [0.717, 1.165) is 6.29 Å². The summed E-state index contributed by atoms with van der Waals surface area (Å²) in [4.78, 5) is 13.6. The zero-order valence-corrected chi connectivity index (χ0v) is 4.32. The Morgan fingerprint density at radius 3 is 2.89 bits per heavy atom. The van der Waals surface area contributed by atoms with Gasteiger partial charge in [0.25, 0.3) is 0 Å². The third-order valence-corrected chi connectivity index (χ3v) is 0.845. The summed E-state index contributed by atoms with van der Waals surface area (Å²) < 4.78 is 1.70. The normalized spacial score (nSPS) is 8.00. The second kappa shape index (κ2) is 4.73. The number of hydrogen-bond acceptors (Lipinski definition) is 2. The first-order valence-electron chi connectivity index (χ1n) is 2.33. The van der Waals surface area contributed by atoms with Crippen molar-refractivity contribution < 1.29 is 4.79 Å². The van der Waals surface area contributed by atoms with Gasteiger partial charge in [0.15, 0.2) is 0 Å². The molecular formula is C5H7N2NaO. The monoisotopic (exact) mass is 134 g/mol. The summed E-state index contributed by atoms with van der Waals surface area (Å²) in [6.07, 6.45) is 5.83. The molecule has 0 atom stereocenters. The van der Waals surface area contributed by atoms with Crippen LogP contribution in [0.3, 0.4) is 0 Å². The van der Waals surface area contributed by atoms with Crippen LogP contribution in [0.2, 0.25) is 0 Å². The van der Waals surface area contributed by atoms with Gasteiger partial charge in [-0.2, -0.15) is 0 Å². The van der Waals surface area contributed by atoms with Crippen molar-refractivity contribution in [2.75, 3.05) is 0 Å². The van der Waals surface area contributed by atoms with E-state index in [2.05, 4.69) is 4.98 Å². The van der Waals surface area contributed by atoms with Crippen LogP contribution in [-0.4, -0.2) is 45.4 Å². The summed E-state index contributed by atoms with van der Waals surface area (Å²) in [6, 6.07) is 0. The van der Waals surface area contributed by atoms with Gasteiger partial charge in [-0.15, -0.1) is 0 Å². The van der Waals surface area contributed by atoms with Crippen LogP contribution in [0, 0.1) is 0 Å². The fraction of sp³-hybridized carbons (Fsp3) is 0.200. The second-order valence-corrected chi connectivity index (χ2v) is 1.43. The number of rotatable bonds is 2. The van der Waals surface area contributed by atoms with E-state index < -0.39 is 0 Å². The van der Waals surface area contributed by atoms with Crippen molar-refractivity contribution in [2.24, 2.45) is 0 Å². The zero-order chi connectivity index (χ0) is 5.82. The molecule has 0 unspecified atom stereocenters. The van der Waals surface area contributed by atoms with E-state index in [1.807, 2.05) is 0 Å². The van der Waals surface area contributed by atoms with Crippen LogP contribution in [0.25, 0.3) is 0 Å². The second-order valence-electron chi connectivity index (χ2n) is 1.43. The van der Waals surface area contributed by atoms with Crippen LogP contribution in [0.15, 0.2) is 18.7 Å². The molecule has 0 saturated carbocycles. The van der Waals surface area contributed by atoms with Crippen molar-refractivity contribution in [1.82, 2.24) is 9.55 Å². The van der Waals surface area contributed by atoms with Crippen LogP contribution in [0.5, 0.6) is 0 Å². The number of aldehydes is 1. The van der Waals surface area contributed by atoms with Crippen molar-refractivity contribution in [3.8, 4) is 0 Å². The minimum atomic E-state index is 0. The molecule has 0 aliphatic rings. The van der Waals surface area contributed by atoms with E-state index in [-0.39, 0.29) is 29.6 Å². The molecule has 1 heterocycles. The van der Waals surface area contributed by atoms with Crippen LogP contribution in [0.4, 0.5) is 0 Å². The maximum absolute atomic E-state index is 9.82. The Morgan fingerprint density at radius 1 is 1.67 bits per heavy atom. The van der Waals surface area contributed by atoms with E-state index in [1.165, 1.54) is 0 Å². The molecule has 0 radical (unpaired) electrons. The first kappa shape index (κ1) is 8.88. The van der Waals surface area contributed by atoms with Gasteiger partial charge in [0, 0.05) is 12.4 Å². The Bertz CT molecular complexity index is 161. The quantitative estimate of drug-likeness (QED) is 0.401. The van der Waals surface area contributed by atoms with Crippen molar-refractivity contribution in [2.45, 2.75) is 6.54 Å². The standard InChI is InChI=1S/C5H6N2O.Na.H/c8-4-3-7-2-1-6-5-7;;/h1-2,4-5H,3H2;;. The van der Waals surface area contributed by atoms with Gasteiger partial charge in [0.05, 0.1) is 12.9 Å². The molecular weight excluding hydrogens is 127 g/mol. The van der Waals surface area contributed by atoms with Gasteiger partial charge in [0.2, 0.25) is 0 Å². The molecule has 0 spiro atoms. The SMILES string of the molecule is O=CCn1ccnc1.[NaH]. The van der Waals surface area contributed by atoms with E-state index >= 15 is 0 Å². The van der Waals surface area contributed by atoms with Gasteiger partial charge >= 0.3 is 29.6 Å². The maximum atomic E-state index is 9.82. The van der Waals surface area contributed by atoms with Crippen LogP contribution >= 0.6 is 0 Å². The predicted molar refractivity (Wildman–Crippen MR) is 35.4 cm³/mol. The van der Waals surface area contributed by atoms with E-state index in [9.17, 15) is 4.79 Å². The molecule has 0 fully saturated rings. The number of carbonyl (C=O) groups is 1. The number of nitrogens with zero attached hydrogens (tertiary/aromatic N) is 2. The van der Waals surface area contributed by atoms with Crippen molar-refractivity contribution in [3.63, 3.8) is 0 Å². The molecule has 0 N–H and O–H groups in total. The Labute approximate surface area is 75.4 Å². The van der Waals surface area contributed by atoms with Crippen LogP contribution in [0.1, 0.15) is 0 Å². The molecule has 4 heteroatoms. The molecule has 0 aliphatic carbocycles. The Morgan fingerprint density at radius 2 is 2.44 bits per heavy atom. The van der Waals surface area contributed by atoms with E-state index in [4.69, 9.17) is 0 Å². The summed E-state index contributed by atoms with van der Waals surface area (Å²) in [6.45, 7) is 0.403. The summed E-state index contributed by atoms with van der Waals surface area (Å²) >= 11 is 0. The summed E-state index contributed by atoms with van der Waals surface area (Å²) in [7, 11) is 0. The fourth-order valence-corrected chi connectivity index (χ4v) is 0.481. The summed E-state index contributed by atoms with van der Waals surface area (Å²) in [5, 5.41) is 0. The summed E-state index contributed by atoms with van der Waals surface area (Å²) in [5.74, 6) is 0. The number of imidazole rings is 1. The average Bonchev–Trinajstić information content (AvgIpc) is 2.19. The van der Waals surface area contributed by atoms with Crippen molar-refractivity contribution in [3.05, 3.63) is 18.7 Å². The first-order chi connectivity index (χ1) is 3.93. The van der Waals surface area contributed by atoms with Gasteiger partial charge in [0.1, 0.15) is 6.29 Å². The molecule has 0 saturated heterocycles. The van der Waals surface area contributed by atoms with Crippen LogP contribution in [-0.2, 0) is 11.3 Å². The molecule has 1 aromatic heterocycles. The molecule has 3 nitrogen and oxygen atoms in total. The van der Waals surface area contributed by atoms with Crippen molar-refractivity contribution >= 4 is 35.8 Å². The third-order valence-electron chi connectivity index (χ3n) is 0.845. The Hall–Kier alpha value is -0.120. The molecule has 0 aromatic carbocycles. The summed E-state index contributed by atoms with van der Waals surface area (Å²) in [5.41, 5.74) is 0. The molecule has 1 aromatic rings. The van der Waals surface area contributed by atoms with E-state index in [0.29, 0.717) is 6.54 Å². The first-order valence-corrected chi connectivity index (χ1v) is 2.33. The zero-order valence-electron chi connectivity index (χ0n) is 4.32. The average molecular weight is 134 g/mol. The van der Waals surface area contributed by atoms with Crippen molar-refractivity contribution in [1.29, 1.82) is 0 Å². The Kier molecular flexibility index (Phi) is 4.67. The molecule has 44 valence electrons. The Balaban J connectivity index is 0.000000640. The van der Waals surface area contributed by atoms with Gasteiger partial charge < -0.3 is 9.36 Å². The third kappa shape index (κ3) is 2.79. The van der Waals surface area contributed by atoms with Crippen LogP contribution < -0.4 is 0 Å². The molecule has 9 heavy (non-hydrogen) atoms. The number of hydrogen-bond donors (Lipinski definition) is 0. The van der Waals surface area contributed by atoms with Gasteiger partial charge in [-0.25, -0.2) is 4.98 Å². The number of carbonyl (C=O) groups excluding carboxylic acids is 1. The number of aromatic nitrogens is 2. The van der Waals surface area contributed by atoms with E-state index in [1.54, 1.807) is 23.3 Å². The fourth-order valence-electron chi connectivity index (χ4n) is 0.481. The topological polar surface area (TPSA) is 34.9 Å². The van der Waals surface area contributed by atoms with Gasteiger partial charge in [-0.3, -0.25) is 0 Å². The van der Waals surface area contributed by atoms with Gasteiger partial charge in [-0.1, -0.05) is 0 Å². The molecule has 0 bridgehead atoms. The molecule has 1 rings (SSSR count). The predicted octanol–water partition coefficient (Wildman–Crippen LogP) is -0.567. The molecule has 0 amide bonds. The minimum absolute atomic E-state index is 0.